The van der Waals surface area contributed by atoms with Crippen molar-refractivity contribution < 1.29 is 13.9 Å². The lowest BCUT2D eigenvalue weighted by Gasteiger charge is -2.27. The quantitative estimate of drug-likeness (QED) is 0.688. The fraction of sp³-hybridized carbons (Fsp3) is 0.263. The molecule has 0 unspecified atom stereocenters. The molecule has 1 N–H and O–H groups in total. The predicted molar refractivity (Wildman–Crippen MR) is 109 cm³/mol. The molecule has 0 radical (unpaired) electrons. The lowest BCUT2D eigenvalue weighted by molar-refractivity contribution is 0.0297. The van der Waals surface area contributed by atoms with Gasteiger partial charge in [-0.3, -0.25) is 4.79 Å². The van der Waals surface area contributed by atoms with E-state index < -0.39 is 5.82 Å². The molecule has 28 heavy (non-hydrogen) atoms. The maximum atomic E-state index is 13.4. The van der Waals surface area contributed by atoms with Crippen molar-refractivity contribution in [3.8, 4) is 0 Å². The lowest BCUT2D eigenvalue weighted by Crippen LogP contribution is -2.41. The van der Waals surface area contributed by atoms with Crippen LogP contribution < -0.4 is 5.32 Å². The maximum Gasteiger partial charge on any atom is 0.272 e. The second-order valence-electron chi connectivity index (χ2n) is 6.35. The van der Waals surface area contributed by atoms with Crippen molar-refractivity contribution in [2.75, 3.05) is 31.6 Å². The first-order chi connectivity index (χ1) is 13.0. The highest BCUT2D eigenvalue weighted by atomic mass is 35.5. The molecule has 6 nitrogen and oxygen atoms in total. The Morgan fingerprint density at radius 3 is 2.71 bits per heavy atom. The van der Waals surface area contributed by atoms with E-state index in [9.17, 15) is 9.18 Å². The molecule has 0 bridgehead atoms. The van der Waals surface area contributed by atoms with Crippen molar-refractivity contribution in [2.45, 2.75) is 6.92 Å². The van der Waals surface area contributed by atoms with E-state index in [1.807, 2.05) is 23.5 Å². The molecule has 0 spiro atoms. The number of aromatic nitrogens is 2. The number of morpholine rings is 1. The van der Waals surface area contributed by atoms with Crippen LogP contribution >= 0.6 is 24.0 Å². The van der Waals surface area contributed by atoms with Gasteiger partial charge in [-0.25, -0.2) is 9.37 Å². The summed E-state index contributed by atoms with van der Waals surface area (Å²) < 4.78 is 20.6. The molecular weight excluding hydrogens is 406 g/mol. The Hall–Kier alpha value is -2.35. The minimum atomic E-state index is -0.481. The summed E-state index contributed by atoms with van der Waals surface area (Å²) in [6, 6.07) is 8.20. The summed E-state index contributed by atoms with van der Waals surface area (Å²) in [7, 11) is 0. The monoisotopic (exact) mass is 424 g/mol. The van der Waals surface area contributed by atoms with Crippen LogP contribution in [0, 0.1) is 12.7 Å². The van der Waals surface area contributed by atoms with Crippen LogP contribution in [0.3, 0.4) is 0 Å². The number of aryl methyl sites for hydroxylation is 1. The Morgan fingerprint density at radius 1 is 1.25 bits per heavy atom. The number of hydrogen-bond acceptors (Lipinski definition) is 4. The molecule has 1 fully saturated rings. The number of hydrogen-bond donors (Lipinski definition) is 1. The van der Waals surface area contributed by atoms with E-state index >= 15 is 0 Å². The van der Waals surface area contributed by atoms with Crippen LogP contribution in [0.1, 0.15) is 16.2 Å². The number of nitrogens with one attached hydrogen (secondary N) is 1. The number of fused-ring (bicyclic) bond motifs is 1. The third-order valence-electron chi connectivity index (χ3n) is 4.58. The van der Waals surface area contributed by atoms with Gasteiger partial charge in [0.25, 0.3) is 5.91 Å². The lowest BCUT2D eigenvalue weighted by atomic mass is 10.3. The van der Waals surface area contributed by atoms with Gasteiger partial charge in [-0.2, -0.15) is 0 Å². The molecule has 0 aliphatic carbocycles. The summed E-state index contributed by atoms with van der Waals surface area (Å²) in [4.78, 5) is 19.2. The van der Waals surface area contributed by atoms with Gasteiger partial charge in [-0.1, -0.05) is 11.6 Å². The number of rotatable bonds is 3. The Bertz CT molecular complexity index is 1020. The zero-order chi connectivity index (χ0) is 19.0. The van der Waals surface area contributed by atoms with Gasteiger partial charge in [0, 0.05) is 24.5 Å². The molecule has 4 rings (SSSR count). The highest BCUT2D eigenvalue weighted by molar-refractivity contribution is 6.31. The molecule has 1 aliphatic rings. The van der Waals surface area contributed by atoms with Crippen LogP contribution in [0.4, 0.5) is 15.9 Å². The summed E-state index contributed by atoms with van der Waals surface area (Å²) in [6.07, 6.45) is 1.56. The van der Waals surface area contributed by atoms with E-state index in [0.29, 0.717) is 43.5 Å². The van der Waals surface area contributed by atoms with Gasteiger partial charge in [0.15, 0.2) is 5.82 Å². The van der Waals surface area contributed by atoms with Gasteiger partial charge >= 0.3 is 0 Å². The largest absolute Gasteiger partial charge is 0.378 e. The molecule has 3 heterocycles. The number of benzene rings is 1. The average Bonchev–Trinajstić information content (AvgIpc) is 3.08. The van der Waals surface area contributed by atoms with E-state index in [-0.39, 0.29) is 23.3 Å². The predicted octanol–water partition coefficient (Wildman–Crippen LogP) is 4.07. The molecular formula is C19H19Cl2FN4O2. The van der Waals surface area contributed by atoms with Crippen LogP contribution in [-0.4, -0.2) is 46.5 Å². The summed E-state index contributed by atoms with van der Waals surface area (Å²) >= 11 is 5.85. The Balaban J connectivity index is 0.00000225. The summed E-state index contributed by atoms with van der Waals surface area (Å²) in [6.45, 7) is 4.14. The van der Waals surface area contributed by atoms with Crippen molar-refractivity contribution in [2.24, 2.45) is 0 Å². The first-order valence-electron chi connectivity index (χ1n) is 8.61. The van der Waals surface area contributed by atoms with Gasteiger partial charge in [-0.15, -0.1) is 12.4 Å². The van der Waals surface area contributed by atoms with Crippen molar-refractivity contribution in [1.82, 2.24) is 14.3 Å². The topological polar surface area (TPSA) is 58.9 Å². The van der Waals surface area contributed by atoms with Crippen molar-refractivity contribution in [1.29, 1.82) is 0 Å². The molecule has 0 atom stereocenters. The fourth-order valence-electron chi connectivity index (χ4n) is 3.18. The van der Waals surface area contributed by atoms with Crippen LogP contribution in [0.5, 0.6) is 0 Å². The molecule has 2 aromatic heterocycles. The third kappa shape index (κ3) is 3.78. The van der Waals surface area contributed by atoms with Gasteiger partial charge in [0.05, 0.1) is 29.9 Å². The highest BCUT2D eigenvalue weighted by Crippen LogP contribution is 2.26. The number of ether oxygens (including phenoxy) is 1. The SMILES string of the molecule is Cc1ccc2c(Nc3ccc(F)c(Cl)c3)ncc(C(=O)N3CCOCC3)n12.Cl. The molecule has 1 saturated heterocycles. The van der Waals surface area contributed by atoms with E-state index in [1.54, 1.807) is 17.2 Å². The van der Waals surface area contributed by atoms with Crippen molar-refractivity contribution in [3.05, 3.63) is 58.8 Å². The Labute approximate surface area is 172 Å². The number of carbonyl (C=O) groups is 1. The molecule has 3 aromatic rings. The molecule has 1 amide bonds. The van der Waals surface area contributed by atoms with Crippen molar-refractivity contribution in [3.63, 3.8) is 0 Å². The maximum absolute atomic E-state index is 13.4. The van der Waals surface area contributed by atoms with Crippen LogP contribution in [0.2, 0.25) is 5.02 Å². The van der Waals surface area contributed by atoms with Crippen LogP contribution in [0.25, 0.3) is 5.52 Å². The number of carbonyl (C=O) groups excluding carboxylic acids is 1. The Kier molecular flexibility index (Phi) is 6.07. The second-order valence-corrected chi connectivity index (χ2v) is 6.75. The van der Waals surface area contributed by atoms with Gasteiger partial charge in [-0.05, 0) is 37.3 Å². The summed E-state index contributed by atoms with van der Waals surface area (Å²) in [5.41, 5.74) is 2.79. The standard InChI is InChI=1S/C19H18ClFN4O2.ClH/c1-12-2-5-16-18(23-13-3-4-15(21)14(20)10-13)22-11-17(25(12)16)19(26)24-6-8-27-9-7-24;/h2-5,10-11H,6-9H2,1H3,(H,22,23);1H. The molecule has 1 aliphatic heterocycles. The third-order valence-corrected chi connectivity index (χ3v) is 4.86. The van der Waals surface area contributed by atoms with Crippen molar-refractivity contribution >= 4 is 46.9 Å². The zero-order valence-electron chi connectivity index (χ0n) is 15.1. The number of amides is 1. The molecule has 0 saturated carbocycles. The average molecular weight is 425 g/mol. The van der Waals surface area contributed by atoms with Gasteiger partial charge in [0.2, 0.25) is 0 Å². The molecule has 148 valence electrons. The first-order valence-corrected chi connectivity index (χ1v) is 8.98. The number of anilines is 2. The van der Waals surface area contributed by atoms with Crippen LogP contribution in [0.15, 0.2) is 36.5 Å². The molecule has 1 aromatic carbocycles. The minimum Gasteiger partial charge on any atom is -0.378 e. The van der Waals surface area contributed by atoms with Gasteiger partial charge in [0.1, 0.15) is 11.5 Å². The normalized spacial score (nSPS) is 14.0. The van der Waals surface area contributed by atoms with E-state index in [0.717, 1.165) is 11.2 Å². The van der Waals surface area contributed by atoms with E-state index in [2.05, 4.69) is 10.3 Å². The number of nitrogens with zero attached hydrogens (tertiary/aromatic N) is 3. The minimum absolute atomic E-state index is 0. The number of halogens is 3. The summed E-state index contributed by atoms with van der Waals surface area (Å²) in [5, 5.41) is 3.18. The smallest absolute Gasteiger partial charge is 0.272 e. The molecule has 9 heteroatoms. The summed E-state index contributed by atoms with van der Waals surface area (Å²) in [5.74, 6) is 0.00101. The fourth-order valence-corrected chi connectivity index (χ4v) is 3.36. The van der Waals surface area contributed by atoms with Crippen LogP contribution in [-0.2, 0) is 4.74 Å². The second kappa shape index (κ2) is 8.34. The first kappa shape index (κ1) is 20.4. The Morgan fingerprint density at radius 2 is 2.00 bits per heavy atom. The van der Waals surface area contributed by atoms with E-state index in [1.165, 1.54) is 12.1 Å². The van der Waals surface area contributed by atoms with E-state index in [4.69, 9.17) is 16.3 Å². The zero-order valence-corrected chi connectivity index (χ0v) is 16.7. The van der Waals surface area contributed by atoms with Gasteiger partial charge < -0.3 is 19.4 Å². The highest BCUT2D eigenvalue weighted by Gasteiger charge is 2.22.